The van der Waals surface area contributed by atoms with Crippen LogP contribution in [-0.4, -0.2) is 11.2 Å². The summed E-state index contributed by atoms with van der Waals surface area (Å²) in [5.41, 5.74) is 1.20. The van der Waals surface area contributed by atoms with Gasteiger partial charge in [0.25, 0.3) is 5.69 Å². The fourth-order valence-electron chi connectivity index (χ4n) is 1.91. The van der Waals surface area contributed by atoms with E-state index in [1.54, 1.807) is 12.1 Å². The van der Waals surface area contributed by atoms with Gasteiger partial charge in [0, 0.05) is 15.9 Å². The van der Waals surface area contributed by atoms with Gasteiger partial charge >= 0.3 is 0 Å². The zero-order valence-electron chi connectivity index (χ0n) is 11.8. The van der Waals surface area contributed by atoms with Crippen LogP contribution in [-0.2, 0) is 0 Å². The van der Waals surface area contributed by atoms with Gasteiger partial charge in [-0.1, -0.05) is 37.7 Å². The molecule has 0 aliphatic heterocycles. The zero-order valence-corrected chi connectivity index (χ0v) is 12.6. The highest BCUT2D eigenvalue weighted by Crippen LogP contribution is 2.31. The quantitative estimate of drug-likeness (QED) is 0.457. The van der Waals surface area contributed by atoms with Crippen molar-refractivity contribution in [3.8, 4) is 0 Å². The van der Waals surface area contributed by atoms with Gasteiger partial charge in [-0.3, -0.25) is 14.9 Å². The first kappa shape index (κ1) is 15.3. The second-order valence-corrected chi connectivity index (χ2v) is 6.07. The predicted octanol–water partition coefficient (Wildman–Crippen LogP) is 4.68. The van der Waals surface area contributed by atoms with Gasteiger partial charge in [-0.25, -0.2) is 0 Å². The number of rotatable bonds is 5. The molecule has 0 N–H and O–H groups in total. The lowest BCUT2D eigenvalue weighted by molar-refractivity contribution is -0.385. The highest BCUT2D eigenvalue weighted by atomic mass is 32.2. The van der Waals surface area contributed by atoms with E-state index in [1.807, 2.05) is 12.1 Å². The van der Waals surface area contributed by atoms with Crippen molar-refractivity contribution in [1.29, 1.82) is 0 Å². The summed E-state index contributed by atoms with van der Waals surface area (Å²) in [6, 6.07) is 12.7. The highest BCUT2D eigenvalue weighted by molar-refractivity contribution is 7.99. The largest absolute Gasteiger partial charge is 0.298 e. The highest BCUT2D eigenvalue weighted by Gasteiger charge is 2.13. The van der Waals surface area contributed by atoms with Gasteiger partial charge in [-0.15, -0.1) is 0 Å². The van der Waals surface area contributed by atoms with E-state index in [2.05, 4.69) is 26.0 Å². The Morgan fingerprint density at radius 1 is 1.10 bits per heavy atom. The molecule has 0 atom stereocenters. The molecule has 0 radical (unpaired) electrons. The Morgan fingerprint density at radius 3 is 2.24 bits per heavy atom. The van der Waals surface area contributed by atoms with Crippen LogP contribution in [0.4, 0.5) is 5.69 Å². The molecular formula is C16H15NO3S. The smallest absolute Gasteiger partial charge is 0.279 e. The van der Waals surface area contributed by atoms with Crippen LogP contribution in [0, 0.1) is 10.1 Å². The molecule has 0 unspecified atom stereocenters. The number of nitro benzene ring substituents is 1. The van der Waals surface area contributed by atoms with Gasteiger partial charge < -0.3 is 0 Å². The lowest BCUT2D eigenvalue weighted by Crippen LogP contribution is -1.94. The average molecular weight is 301 g/mol. The van der Waals surface area contributed by atoms with Crippen molar-refractivity contribution in [2.45, 2.75) is 29.6 Å². The Morgan fingerprint density at radius 2 is 1.71 bits per heavy atom. The van der Waals surface area contributed by atoms with Crippen LogP contribution in [0.15, 0.2) is 52.3 Å². The molecule has 5 heteroatoms. The fraction of sp³-hybridized carbons (Fsp3) is 0.188. The minimum atomic E-state index is -0.546. The third kappa shape index (κ3) is 3.70. The Hall–Kier alpha value is -2.14. The summed E-state index contributed by atoms with van der Waals surface area (Å²) >= 11 is 1.48. The molecule has 21 heavy (non-hydrogen) atoms. The molecular weight excluding hydrogens is 286 g/mol. The van der Waals surface area contributed by atoms with E-state index in [0.29, 0.717) is 12.2 Å². The van der Waals surface area contributed by atoms with Gasteiger partial charge in [-0.05, 0) is 35.7 Å². The second kappa shape index (κ2) is 6.54. The normalized spacial score (nSPS) is 10.6. The summed E-state index contributed by atoms with van der Waals surface area (Å²) in [6.45, 7) is 4.27. The van der Waals surface area contributed by atoms with Crippen LogP contribution in [0.3, 0.4) is 0 Å². The van der Waals surface area contributed by atoms with Crippen LogP contribution >= 0.6 is 11.8 Å². The number of benzene rings is 2. The molecule has 0 bridgehead atoms. The molecule has 0 saturated carbocycles. The summed E-state index contributed by atoms with van der Waals surface area (Å²) in [5.74, 6) is 0.477. The minimum absolute atomic E-state index is 0.101. The number of nitro groups is 1. The fourth-order valence-corrected chi connectivity index (χ4v) is 2.78. The summed E-state index contributed by atoms with van der Waals surface area (Å²) in [5, 5.41) is 10.8. The average Bonchev–Trinajstić information content (AvgIpc) is 2.47. The Labute approximate surface area is 127 Å². The molecule has 2 aromatic rings. The lowest BCUT2D eigenvalue weighted by Gasteiger charge is -2.07. The number of hydrogen-bond acceptors (Lipinski definition) is 4. The summed E-state index contributed by atoms with van der Waals surface area (Å²) < 4.78 is 0. The first-order valence-corrected chi connectivity index (χ1v) is 7.34. The van der Waals surface area contributed by atoms with Crippen molar-refractivity contribution in [1.82, 2.24) is 0 Å². The number of carbonyl (C=O) groups excluding carboxylic acids is 1. The van der Waals surface area contributed by atoms with Crippen LogP contribution in [0.2, 0.25) is 0 Å². The molecule has 0 spiro atoms. The van der Waals surface area contributed by atoms with E-state index in [1.165, 1.54) is 23.4 Å². The van der Waals surface area contributed by atoms with Gasteiger partial charge in [0.1, 0.15) is 0 Å². The van der Waals surface area contributed by atoms with E-state index in [0.717, 1.165) is 9.79 Å². The van der Waals surface area contributed by atoms with Gasteiger partial charge in [0.15, 0.2) is 6.29 Å². The SMILES string of the molecule is CC(C)c1ccc(Sc2ccc([N+](=O)[O-])c(C=O)c2)cc1. The van der Waals surface area contributed by atoms with E-state index < -0.39 is 4.92 Å². The molecule has 0 fully saturated rings. The lowest BCUT2D eigenvalue weighted by atomic mass is 10.0. The molecule has 0 aromatic heterocycles. The number of nitrogens with zero attached hydrogens (tertiary/aromatic N) is 1. The van der Waals surface area contributed by atoms with E-state index in [9.17, 15) is 14.9 Å². The zero-order chi connectivity index (χ0) is 15.4. The number of hydrogen-bond donors (Lipinski definition) is 0. The number of carbonyl (C=O) groups is 1. The second-order valence-electron chi connectivity index (χ2n) is 4.92. The van der Waals surface area contributed by atoms with Crippen molar-refractivity contribution in [3.05, 3.63) is 63.7 Å². The van der Waals surface area contributed by atoms with Gasteiger partial charge in [0.2, 0.25) is 0 Å². The molecule has 4 nitrogen and oxygen atoms in total. The summed E-state index contributed by atoms with van der Waals surface area (Å²) in [6.07, 6.45) is 0.518. The Kier molecular flexibility index (Phi) is 4.75. The first-order valence-electron chi connectivity index (χ1n) is 6.52. The molecule has 0 aliphatic rings. The predicted molar refractivity (Wildman–Crippen MR) is 83.1 cm³/mol. The van der Waals surface area contributed by atoms with Crippen molar-refractivity contribution >= 4 is 23.7 Å². The molecule has 0 saturated heterocycles. The maximum atomic E-state index is 10.9. The standard InChI is InChI=1S/C16H15NO3S/c1-11(2)12-3-5-14(6-4-12)21-15-7-8-16(17(19)20)13(9-15)10-18/h3-11H,1-2H3. The monoisotopic (exact) mass is 301 g/mol. The third-order valence-corrected chi connectivity index (χ3v) is 4.10. The van der Waals surface area contributed by atoms with Crippen molar-refractivity contribution in [2.24, 2.45) is 0 Å². The van der Waals surface area contributed by atoms with Crippen LogP contribution < -0.4 is 0 Å². The molecule has 0 heterocycles. The van der Waals surface area contributed by atoms with Crippen LogP contribution in [0.1, 0.15) is 35.7 Å². The van der Waals surface area contributed by atoms with Crippen molar-refractivity contribution in [3.63, 3.8) is 0 Å². The molecule has 0 aliphatic carbocycles. The van der Waals surface area contributed by atoms with Crippen molar-refractivity contribution in [2.75, 3.05) is 0 Å². The summed E-state index contributed by atoms with van der Waals surface area (Å²) in [7, 11) is 0. The van der Waals surface area contributed by atoms with Gasteiger partial charge in [0.05, 0.1) is 10.5 Å². The topological polar surface area (TPSA) is 60.2 Å². The first-order chi connectivity index (χ1) is 10.0. The Balaban J connectivity index is 2.23. The third-order valence-electron chi connectivity index (χ3n) is 3.11. The minimum Gasteiger partial charge on any atom is -0.298 e. The maximum absolute atomic E-state index is 10.9. The molecule has 0 amide bonds. The van der Waals surface area contributed by atoms with E-state index >= 15 is 0 Å². The van der Waals surface area contributed by atoms with Crippen LogP contribution in [0.25, 0.3) is 0 Å². The maximum Gasteiger partial charge on any atom is 0.279 e. The number of aldehydes is 1. The molecule has 2 rings (SSSR count). The molecule has 108 valence electrons. The summed E-state index contributed by atoms with van der Waals surface area (Å²) in [4.78, 5) is 23.0. The molecule has 2 aromatic carbocycles. The van der Waals surface area contributed by atoms with Crippen molar-refractivity contribution < 1.29 is 9.72 Å². The Bertz CT molecular complexity index is 666. The van der Waals surface area contributed by atoms with E-state index in [-0.39, 0.29) is 11.3 Å². The van der Waals surface area contributed by atoms with Crippen LogP contribution in [0.5, 0.6) is 0 Å². The van der Waals surface area contributed by atoms with Gasteiger partial charge in [-0.2, -0.15) is 0 Å². The van der Waals surface area contributed by atoms with E-state index in [4.69, 9.17) is 0 Å².